The number of nitrogens with one attached hydrogen (secondary N) is 2. The van der Waals surface area contributed by atoms with Crippen molar-refractivity contribution in [2.45, 2.75) is 11.7 Å². The fourth-order valence-corrected chi connectivity index (χ4v) is 3.91. The summed E-state index contributed by atoms with van der Waals surface area (Å²) in [5, 5.41) is 16.7. The number of hydrogen-bond donors (Lipinski definition) is 2. The number of anilines is 1. The molecule has 0 unspecified atom stereocenters. The van der Waals surface area contributed by atoms with E-state index in [9.17, 15) is 4.79 Å². The summed E-state index contributed by atoms with van der Waals surface area (Å²) < 4.78 is 7.14. The minimum absolute atomic E-state index is 0.145. The number of aromatic nitrogens is 3. The minimum Gasteiger partial charge on any atom is -0.497 e. The highest BCUT2D eigenvalue weighted by atomic mass is 32.2. The summed E-state index contributed by atoms with van der Waals surface area (Å²) in [7, 11) is 1.60. The summed E-state index contributed by atoms with van der Waals surface area (Å²) in [4.78, 5) is 12.4. The first kappa shape index (κ1) is 23.1. The number of methoxy groups -OCH3 is 1. The summed E-state index contributed by atoms with van der Waals surface area (Å²) in [6.45, 7) is 0.490. The number of para-hydroxylation sites is 2. The van der Waals surface area contributed by atoms with Gasteiger partial charge in [-0.15, -0.1) is 10.2 Å². The van der Waals surface area contributed by atoms with Gasteiger partial charge in [0.15, 0.2) is 11.0 Å². The van der Waals surface area contributed by atoms with Crippen LogP contribution in [0.5, 0.6) is 5.75 Å². The van der Waals surface area contributed by atoms with Crippen molar-refractivity contribution in [3.8, 4) is 11.4 Å². The fourth-order valence-electron chi connectivity index (χ4n) is 3.14. The SMILES string of the molecule is COc1cccc(/C=N/NC(=O)CSc2nnc(CNc3ccccc3)n2-c2ccccc2)c1. The van der Waals surface area contributed by atoms with Gasteiger partial charge in [-0.25, -0.2) is 5.43 Å². The normalized spacial score (nSPS) is 10.9. The van der Waals surface area contributed by atoms with Crippen LogP contribution in [0.25, 0.3) is 5.69 Å². The van der Waals surface area contributed by atoms with Gasteiger partial charge in [-0.3, -0.25) is 9.36 Å². The van der Waals surface area contributed by atoms with Crippen LogP contribution >= 0.6 is 11.8 Å². The monoisotopic (exact) mass is 472 g/mol. The number of thioether (sulfide) groups is 1. The first-order valence-corrected chi connectivity index (χ1v) is 11.6. The zero-order valence-corrected chi connectivity index (χ0v) is 19.4. The van der Waals surface area contributed by atoms with E-state index in [2.05, 4.69) is 26.0 Å². The molecule has 0 aliphatic heterocycles. The molecule has 1 aromatic heterocycles. The van der Waals surface area contributed by atoms with Gasteiger partial charge in [-0.05, 0) is 42.0 Å². The third-order valence-corrected chi connectivity index (χ3v) is 5.70. The van der Waals surface area contributed by atoms with Crippen molar-refractivity contribution in [1.29, 1.82) is 0 Å². The van der Waals surface area contributed by atoms with E-state index in [0.29, 0.717) is 11.7 Å². The molecule has 0 spiro atoms. The Kier molecular flexibility index (Phi) is 7.91. The third kappa shape index (κ3) is 6.23. The van der Waals surface area contributed by atoms with Crippen LogP contribution in [0.15, 0.2) is 95.2 Å². The second-order valence-corrected chi connectivity index (χ2v) is 8.09. The van der Waals surface area contributed by atoms with E-state index in [-0.39, 0.29) is 11.7 Å². The molecule has 0 atom stereocenters. The Morgan fingerprint density at radius 2 is 1.79 bits per heavy atom. The number of hydrogen-bond acceptors (Lipinski definition) is 7. The molecule has 0 saturated carbocycles. The van der Waals surface area contributed by atoms with Gasteiger partial charge in [0.05, 0.1) is 25.6 Å². The Bertz CT molecular complexity index is 1240. The molecule has 0 aliphatic rings. The summed E-state index contributed by atoms with van der Waals surface area (Å²) in [6.07, 6.45) is 1.57. The highest BCUT2D eigenvalue weighted by molar-refractivity contribution is 7.99. The quantitative estimate of drug-likeness (QED) is 0.205. The van der Waals surface area contributed by atoms with Crippen molar-refractivity contribution in [1.82, 2.24) is 20.2 Å². The topological polar surface area (TPSA) is 93.4 Å². The Balaban J connectivity index is 1.41. The molecule has 0 bridgehead atoms. The molecule has 2 N–H and O–H groups in total. The van der Waals surface area contributed by atoms with Crippen LogP contribution in [0.3, 0.4) is 0 Å². The van der Waals surface area contributed by atoms with Crippen molar-refractivity contribution in [3.63, 3.8) is 0 Å². The Hall–Kier alpha value is -4.11. The Morgan fingerprint density at radius 3 is 2.56 bits per heavy atom. The van der Waals surface area contributed by atoms with Gasteiger partial charge in [0.1, 0.15) is 5.75 Å². The Labute approximate surface area is 202 Å². The molecule has 34 heavy (non-hydrogen) atoms. The maximum atomic E-state index is 12.4. The van der Waals surface area contributed by atoms with Gasteiger partial charge in [0.25, 0.3) is 5.91 Å². The molecule has 1 heterocycles. The zero-order chi connectivity index (χ0) is 23.6. The van der Waals surface area contributed by atoms with Gasteiger partial charge >= 0.3 is 0 Å². The van der Waals surface area contributed by atoms with Crippen molar-refractivity contribution in [2.75, 3.05) is 18.2 Å². The fraction of sp³-hybridized carbons (Fsp3) is 0.120. The lowest BCUT2D eigenvalue weighted by Crippen LogP contribution is -2.20. The highest BCUT2D eigenvalue weighted by Gasteiger charge is 2.15. The largest absolute Gasteiger partial charge is 0.497 e. The molecule has 0 aliphatic carbocycles. The predicted octanol–water partition coefficient (Wildman–Crippen LogP) is 4.13. The van der Waals surface area contributed by atoms with Crippen molar-refractivity contribution < 1.29 is 9.53 Å². The average molecular weight is 473 g/mol. The van der Waals surface area contributed by atoms with Gasteiger partial charge < -0.3 is 10.1 Å². The number of nitrogens with zero attached hydrogens (tertiary/aromatic N) is 4. The van der Waals surface area contributed by atoms with E-state index in [4.69, 9.17) is 4.74 Å². The number of carbonyl (C=O) groups is 1. The zero-order valence-electron chi connectivity index (χ0n) is 18.6. The highest BCUT2D eigenvalue weighted by Crippen LogP contribution is 2.22. The lowest BCUT2D eigenvalue weighted by atomic mass is 10.2. The van der Waals surface area contributed by atoms with Crippen LogP contribution in [0.4, 0.5) is 5.69 Å². The third-order valence-electron chi connectivity index (χ3n) is 4.77. The number of rotatable bonds is 10. The van der Waals surface area contributed by atoms with Crippen LogP contribution < -0.4 is 15.5 Å². The lowest BCUT2D eigenvalue weighted by Gasteiger charge is -2.11. The second-order valence-electron chi connectivity index (χ2n) is 7.15. The number of hydrazone groups is 1. The molecule has 4 aromatic rings. The van der Waals surface area contributed by atoms with Gasteiger partial charge in [0.2, 0.25) is 0 Å². The standard InChI is InChI=1S/C25H24N6O2S/c1-33-22-14-8-9-19(15-22)16-27-29-24(32)18-34-25-30-28-23(17-26-20-10-4-2-5-11-20)31(25)21-12-6-3-7-13-21/h2-16,26H,17-18H2,1H3,(H,29,32)/b27-16+. The van der Waals surface area contributed by atoms with Crippen LogP contribution in [0.1, 0.15) is 11.4 Å². The number of benzene rings is 3. The maximum absolute atomic E-state index is 12.4. The number of amides is 1. The number of carbonyl (C=O) groups excluding carboxylic acids is 1. The van der Waals surface area contributed by atoms with Gasteiger partial charge in [-0.1, -0.05) is 60.3 Å². The molecule has 0 fully saturated rings. The smallest absolute Gasteiger partial charge is 0.250 e. The lowest BCUT2D eigenvalue weighted by molar-refractivity contribution is -0.118. The van der Waals surface area contributed by atoms with E-state index >= 15 is 0 Å². The van der Waals surface area contributed by atoms with Crippen LogP contribution in [0.2, 0.25) is 0 Å². The van der Waals surface area contributed by atoms with Crippen molar-refractivity contribution >= 4 is 29.6 Å². The van der Waals surface area contributed by atoms with Gasteiger partial charge in [0, 0.05) is 11.4 Å². The molecule has 0 saturated heterocycles. The molecule has 172 valence electrons. The van der Waals surface area contributed by atoms with E-state index < -0.39 is 0 Å². The van der Waals surface area contributed by atoms with Gasteiger partial charge in [-0.2, -0.15) is 5.10 Å². The van der Waals surface area contributed by atoms with E-state index in [1.807, 2.05) is 89.5 Å². The van der Waals surface area contributed by atoms with Crippen LogP contribution in [0, 0.1) is 0 Å². The molecule has 1 amide bonds. The van der Waals surface area contributed by atoms with Crippen LogP contribution in [-0.4, -0.2) is 39.7 Å². The predicted molar refractivity (Wildman–Crippen MR) is 135 cm³/mol. The Morgan fingerprint density at radius 1 is 1.03 bits per heavy atom. The summed E-state index contributed by atoms with van der Waals surface area (Å²) in [5.74, 6) is 1.38. The first-order valence-electron chi connectivity index (χ1n) is 10.6. The average Bonchev–Trinajstić information content (AvgIpc) is 3.30. The second kappa shape index (κ2) is 11.7. The molecule has 0 radical (unpaired) electrons. The van der Waals surface area contributed by atoms with E-state index in [0.717, 1.165) is 28.5 Å². The number of ether oxygens (including phenoxy) is 1. The van der Waals surface area contributed by atoms with Crippen LogP contribution in [-0.2, 0) is 11.3 Å². The first-order chi connectivity index (χ1) is 16.7. The molecular weight excluding hydrogens is 448 g/mol. The molecular formula is C25H24N6O2S. The molecule has 9 heteroatoms. The maximum Gasteiger partial charge on any atom is 0.250 e. The van der Waals surface area contributed by atoms with E-state index in [1.54, 1.807) is 13.3 Å². The minimum atomic E-state index is -0.240. The molecule has 8 nitrogen and oxygen atoms in total. The van der Waals surface area contributed by atoms with E-state index in [1.165, 1.54) is 11.8 Å². The summed E-state index contributed by atoms with van der Waals surface area (Å²) in [6, 6.07) is 27.2. The summed E-state index contributed by atoms with van der Waals surface area (Å²) in [5.41, 5.74) is 5.30. The molecule has 3 aromatic carbocycles. The summed E-state index contributed by atoms with van der Waals surface area (Å²) >= 11 is 1.30. The van der Waals surface area contributed by atoms with Crippen molar-refractivity contribution in [2.24, 2.45) is 5.10 Å². The molecule has 4 rings (SSSR count). The van der Waals surface area contributed by atoms with Crippen molar-refractivity contribution in [3.05, 3.63) is 96.3 Å².